The zero-order valence-corrected chi connectivity index (χ0v) is 17.1. The van der Waals surface area contributed by atoms with Gasteiger partial charge in [-0.25, -0.2) is 0 Å². The van der Waals surface area contributed by atoms with Crippen molar-refractivity contribution in [2.75, 3.05) is 20.7 Å². The Morgan fingerprint density at radius 2 is 2.30 bits per heavy atom. The molecule has 1 aliphatic heterocycles. The van der Waals surface area contributed by atoms with Gasteiger partial charge < -0.3 is 19.5 Å². The van der Waals surface area contributed by atoms with Crippen LogP contribution in [0.25, 0.3) is 0 Å². The predicted octanol–water partition coefficient (Wildman–Crippen LogP) is 3.28. The third kappa shape index (κ3) is 4.72. The molecule has 0 aliphatic carbocycles. The van der Waals surface area contributed by atoms with Crippen LogP contribution in [0.3, 0.4) is 0 Å². The molecule has 3 rings (SSSR count). The largest absolute Gasteiger partial charge is 0.496 e. The fourth-order valence-corrected chi connectivity index (χ4v) is 3.30. The van der Waals surface area contributed by atoms with Gasteiger partial charge in [-0.05, 0) is 45.0 Å². The molecule has 1 fully saturated rings. The number of likely N-dealkylation sites (tertiary alicyclic amines) is 1. The second-order valence-electron chi connectivity index (χ2n) is 6.44. The number of carbonyl (C=O) groups excluding carboxylic acids is 1. The van der Waals surface area contributed by atoms with Crippen molar-refractivity contribution in [2.45, 2.75) is 38.3 Å². The minimum atomic E-state index is -0.225. The summed E-state index contributed by atoms with van der Waals surface area (Å²) in [4.78, 5) is 19.3. The van der Waals surface area contributed by atoms with Gasteiger partial charge >= 0.3 is 0 Å². The normalized spacial score (nSPS) is 17.5. The van der Waals surface area contributed by atoms with E-state index in [4.69, 9.17) is 20.9 Å². The number of amides is 1. The van der Waals surface area contributed by atoms with Gasteiger partial charge in [0.2, 0.25) is 5.89 Å². The monoisotopic (exact) mass is 414 g/mol. The summed E-state index contributed by atoms with van der Waals surface area (Å²) in [5.41, 5.74) is 0.440. The Morgan fingerprint density at radius 1 is 1.52 bits per heavy atom. The van der Waals surface area contributed by atoms with Crippen LogP contribution in [0.4, 0.5) is 0 Å². The van der Waals surface area contributed by atoms with Gasteiger partial charge in [0, 0.05) is 24.0 Å². The van der Waals surface area contributed by atoms with E-state index in [2.05, 4.69) is 15.5 Å². The predicted molar refractivity (Wildman–Crippen MR) is 105 cm³/mol. The Morgan fingerprint density at radius 3 is 3.00 bits per heavy atom. The van der Waals surface area contributed by atoms with Gasteiger partial charge in [0.15, 0.2) is 5.82 Å². The molecule has 1 aliphatic rings. The number of nitrogens with zero attached hydrogens (tertiary/aromatic N) is 3. The highest BCUT2D eigenvalue weighted by Crippen LogP contribution is 2.34. The van der Waals surface area contributed by atoms with Crippen molar-refractivity contribution in [3.63, 3.8) is 0 Å². The van der Waals surface area contributed by atoms with Crippen molar-refractivity contribution in [3.05, 3.63) is 40.5 Å². The highest BCUT2D eigenvalue weighted by Gasteiger charge is 2.35. The maximum absolute atomic E-state index is 13.1. The van der Waals surface area contributed by atoms with Crippen LogP contribution in [-0.4, -0.2) is 47.7 Å². The molecule has 1 aromatic heterocycles. The van der Waals surface area contributed by atoms with E-state index < -0.39 is 0 Å². The van der Waals surface area contributed by atoms with Crippen LogP contribution in [0, 0.1) is 0 Å². The Hall–Kier alpha value is -1.83. The molecular formula is C18H24Cl2N4O3. The summed E-state index contributed by atoms with van der Waals surface area (Å²) in [6, 6.07) is 5.05. The topological polar surface area (TPSA) is 80.5 Å². The molecule has 0 spiro atoms. The molecule has 1 N–H and O–H groups in total. The standard InChI is InChI=1S/C18H23ClN4O3.ClH/c1-11(20-2)9-16-21-17(26-22-16)14-5-4-8-23(14)18(24)13-10-12(19)6-7-15(13)25-3;/h6-7,10-11,14,20H,4-5,8-9H2,1-3H3;1H. The molecule has 0 saturated carbocycles. The highest BCUT2D eigenvalue weighted by atomic mass is 35.5. The number of nitrogens with one attached hydrogen (secondary N) is 1. The average Bonchev–Trinajstić information content (AvgIpc) is 3.29. The fourth-order valence-electron chi connectivity index (χ4n) is 3.13. The fraction of sp³-hybridized carbons (Fsp3) is 0.500. The van der Waals surface area contributed by atoms with Crippen molar-refractivity contribution in [2.24, 2.45) is 0 Å². The van der Waals surface area contributed by atoms with E-state index in [0.29, 0.717) is 41.0 Å². The van der Waals surface area contributed by atoms with Crippen LogP contribution in [0.1, 0.15) is 47.9 Å². The van der Waals surface area contributed by atoms with E-state index in [1.54, 1.807) is 23.1 Å². The summed E-state index contributed by atoms with van der Waals surface area (Å²) in [5, 5.41) is 7.69. The van der Waals surface area contributed by atoms with Crippen molar-refractivity contribution >= 4 is 29.9 Å². The summed E-state index contributed by atoms with van der Waals surface area (Å²) in [6.45, 7) is 2.68. The van der Waals surface area contributed by atoms with Crippen LogP contribution >= 0.6 is 24.0 Å². The van der Waals surface area contributed by atoms with E-state index in [9.17, 15) is 4.79 Å². The summed E-state index contributed by atoms with van der Waals surface area (Å²) < 4.78 is 10.8. The first-order valence-electron chi connectivity index (χ1n) is 8.67. The first kappa shape index (κ1) is 21.5. The first-order chi connectivity index (χ1) is 12.5. The second-order valence-corrected chi connectivity index (χ2v) is 6.88. The zero-order chi connectivity index (χ0) is 18.7. The van der Waals surface area contributed by atoms with Gasteiger partial charge in [-0.2, -0.15) is 4.98 Å². The van der Waals surface area contributed by atoms with E-state index in [1.807, 2.05) is 14.0 Å². The molecule has 0 radical (unpaired) electrons. The number of aromatic nitrogens is 2. The number of ether oxygens (including phenoxy) is 1. The van der Waals surface area contributed by atoms with Crippen LogP contribution < -0.4 is 10.1 Å². The van der Waals surface area contributed by atoms with E-state index in [-0.39, 0.29) is 30.4 Å². The molecule has 7 nitrogen and oxygen atoms in total. The van der Waals surface area contributed by atoms with Crippen LogP contribution in [-0.2, 0) is 6.42 Å². The molecule has 1 saturated heterocycles. The minimum Gasteiger partial charge on any atom is -0.496 e. The molecule has 2 heterocycles. The van der Waals surface area contributed by atoms with Gasteiger partial charge in [0.1, 0.15) is 11.8 Å². The summed E-state index contributed by atoms with van der Waals surface area (Å²) in [6.07, 6.45) is 2.34. The number of likely N-dealkylation sites (N-methyl/N-ethyl adjacent to an activating group) is 1. The molecule has 2 aromatic rings. The lowest BCUT2D eigenvalue weighted by Gasteiger charge is -2.23. The molecule has 2 unspecified atom stereocenters. The van der Waals surface area contributed by atoms with Crippen molar-refractivity contribution < 1.29 is 14.1 Å². The first-order valence-corrected chi connectivity index (χ1v) is 9.05. The van der Waals surface area contributed by atoms with Crippen LogP contribution in [0.2, 0.25) is 5.02 Å². The molecule has 27 heavy (non-hydrogen) atoms. The van der Waals surface area contributed by atoms with Crippen molar-refractivity contribution in [1.29, 1.82) is 0 Å². The summed E-state index contributed by atoms with van der Waals surface area (Å²) in [5.74, 6) is 1.48. The lowest BCUT2D eigenvalue weighted by atomic mass is 10.1. The quantitative estimate of drug-likeness (QED) is 0.780. The van der Waals surface area contributed by atoms with E-state index in [0.717, 1.165) is 12.8 Å². The van der Waals surface area contributed by atoms with Crippen molar-refractivity contribution in [3.8, 4) is 5.75 Å². The average molecular weight is 415 g/mol. The molecule has 9 heteroatoms. The Labute approximate surface area is 169 Å². The molecule has 148 valence electrons. The van der Waals surface area contributed by atoms with Gasteiger partial charge in [-0.1, -0.05) is 16.8 Å². The Bertz CT molecular complexity index is 784. The number of carbonyl (C=O) groups is 1. The number of methoxy groups -OCH3 is 1. The third-order valence-corrected chi connectivity index (χ3v) is 4.89. The highest BCUT2D eigenvalue weighted by molar-refractivity contribution is 6.31. The number of hydrogen-bond acceptors (Lipinski definition) is 6. The number of halogens is 2. The summed E-state index contributed by atoms with van der Waals surface area (Å²) >= 11 is 6.07. The maximum atomic E-state index is 13.1. The van der Waals surface area contributed by atoms with Gasteiger partial charge in [-0.15, -0.1) is 12.4 Å². The minimum absolute atomic E-state index is 0. The number of benzene rings is 1. The molecule has 1 aromatic carbocycles. The SMILES string of the molecule is CNC(C)Cc1noc(C2CCCN2C(=O)c2cc(Cl)ccc2OC)n1.Cl. The smallest absolute Gasteiger partial charge is 0.258 e. The number of rotatable bonds is 6. The molecule has 2 atom stereocenters. The van der Waals surface area contributed by atoms with E-state index in [1.165, 1.54) is 7.11 Å². The van der Waals surface area contributed by atoms with Gasteiger partial charge in [-0.3, -0.25) is 4.79 Å². The summed E-state index contributed by atoms with van der Waals surface area (Å²) in [7, 11) is 3.43. The third-order valence-electron chi connectivity index (χ3n) is 4.66. The zero-order valence-electron chi connectivity index (χ0n) is 15.6. The molecular weight excluding hydrogens is 391 g/mol. The molecule has 1 amide bonds. The van der Waals surface area contributed by atoms with Gasteiger partial charge in [0.25, 0.3) is 5.91 Å². The van der Waals surface area contributed by atoms with E-state index >= 15 is 0 Å². The van der Waals surface area contributed by atoms with Crippen molar-refractivity contribution in [1.82, 2.24) is 20.4 Å². The molecule has 0 bridgehead atoms. The van der Waals surface area contributed by atoms with Gasteiger partial charge in [0.05, 0.1) is 12.7 Å². The van der Waals surface area contributed by atoms with Crippen LogP contribution in [0.15, 0.2) is 22.7 Å². The Kier molecular flexibility index (Phi) is 7.47. The Balaban J connectivity index is 0.00000261. The lowest BCUT2D eigenvalue weighted by molar-refractivity contribution is 0.0706. The maximum Gasteiger partial charge on any atom is 0.258 e. The number of hydrogen-bond donors (Lipinski definition) is 1. The second kappa shape index (κ2) is 9.39. The lowest BCUT2D eigenvalue weighted by Crippen LogP contribution is -2.31. The van der Waals surface area contributed by atoms with Crippen LogP contribution in [0.5, 0.6) is 5.75 Å².